The number of ether oxygens (including phenoxy) is 1. The number of thiazole rings is 1. The molecule has 2 aromatic carbocycles. The topological polar surface area (TPSA) is 45.7 Å². The lowest BCUT2D eigenvalue weighted by Gasteiger charge is -2.22. The Hall–Kier alpha value is -1.80. The van der Waals surface area contributed by atoms with Crippen molar-refractivity contribution in [2.75, 3.05) is 45.5 Å². The fraction of sp³-hybridized carbons (Fsp3) is 0.333. The van der Waals surface area contributed by atoms with Crippen molar-refractivity contribution in [2.45, 2.75) is 11.8 Å². The number of anilines is 1. The molecule has 156 valence electrons. The maximum Gasteiger partial charge on any atom is 0.261 e. The first-order valence-electron chi connectivity index (χ1n) is 9.00. The van der Waals surface area contributed by atoms with Gasteiger partial charge in [0.25, 0.3) is 5.91 Å². The first kappa shape index (κ1) is 23.5. The number of carbonyl (C=O) groups is 1. The van der Waals surface area contributed by atoms with Gasteiger partial charge in [-0.05, 0) is 51.0 Å². The minimum Gasteiger partial charge on any atom is -0.494 e. The second kappa shape index (κ2) is 10.3. The van der Waals surface area contributed by atoms with Crippen molar-refractivity contribution in [1.82, 2.24) is 9.88 Å². The van der Waals surface area contributed by atoms with Crippen LogP contribution in [0.3, 0.4) is 0 Å². The van der Waals surface area contributed by atoms with E-state index in [-0.39, 0.29) is 18.3 Å². The second-order valence-electron chi connectivity index (χ2n) is 6.72. The molecule has 0 bridgehead atoms. The van der Waals surface area contributed by atoms with Crippen molar-refractivity contribution in [2.24, 2.45) is 0 Å². The van der Waals surface area contributed by atoms with Crippen LogP contribution in [-0.2, 0) is 0 Å². The molecule has 1 aromatic heterocycles. The molecule has 5 nitrogen and oxygen atoms in total. The Labute approximate surface area is 186 Å². The lowest BCUT2D eigenvalue weighted by atomic mass is 10.2. The maximum absolute atomic E-state index is 13.5. The smallest absolute Gasteiger partial charge is 0.261 e. The van der Waals surface area contributed by atoms with E-state index in [2.05, 4.69) is 11.8 Å². The van der Waals surface area contributed by atoms with Gasteiger partial charge in [-0.3, -0.25) is 9.69 Å². The highest BCUT2D eigenvalue weighted by Crippen LogP contribution is 2.37. The molecule has 0 saturated heterocycles. The number of amides is 1. The highest BCUT2D eigenvalue weighted by Gasteiger charge is 2.24. The van der Waals surface area contributed by atoms with Gasteiger partial charge in [0.15, 0.2) is 5.13 Å². The summed E-state index contributed by atoms with van der Waals surface area (Å²) in [6.45, 7) is 3.37. The van der Waals surface area contributed by atoms with Crippen molar-refractivity contribution in [3.63, 3.8) is 0 Å². The molecule has 29 heavy (non-hydrogen) atoms. The first-order valence-corrected chi connectivity index (χ1v) is 11.0. The molecule has 0 fully saturated rings. The molecule has 3 rings (SSSR count). The average Bonchev–Trinajstić information content (AvgIpc) is 3.14. The van der Waals surface area contributed by atoms with Crippen LogP contribution in [0.25, 0.3) is 10.2 Å². The first-order chi connectivity index (χ1) is 13.5. The summed E-state index contributed by atoms with van der Waals surface area (Å²) in [5.74, 6) is 0.704. The molecule has 0 aliphatic rings. The maximum atomic E-state index is 13.5. The highest BCUT2D eigenvalue weighted by molar-refractivity contribution is 7.98. The SMILES string of the molecule is COc1ccc(C)c2sc(N(CCN(C)C)C(=O)c3ccccc3SC)nc12.Cl. The Bertz CT molecular complexity index is 991. The van der Waals surface area contributed by atoms with Crippen LogP contribution < -0.4 is 9.64 Å². The van der Waals surface area contributed by atoms with Crippen LogP contribution >= 0.6 is 35.5 Å². The number of nitrogens with zero attached hydrogens (tertiary/aromatic N) is 3. The summed E-state index contributed by atoms with van der Waals surface area (Å²) in [5.41, 5.74) is 2.64. The van der Waals surface area contributed by atoms with Crippen LogP contribution in [0, 0.1) is 6.92 Å². The van der Waals surface area contributed by atoms with Gasteiger partial charge < -0.3 is 9.64 Å². The normalized spacial score (nSPS) is 10.8. The lowest BCUT2D eigenvalue weighted by molar-refractivity contribution is 0.0982. The number of fused-ring (bicyclic) bond motifs is 1. The van der Waals surface area contributed by atoms with Crippen molar-refractivity contribution >= 4 is 56.8 Å². The molecule has 0 spiro atoms. The fourth-order valence-electron chi connectivity index (χ4n) is 2.93. The van der Waals surface area contributed by atoms with E-state index in [1.807, 2.05) is 56.7 Å². The van der Waals surface area contributed by atoms with Crippen molar-refractivity contribution in [3.8, 4) is 5.75 Å². The lowest BCUT2D eigenvalue weighted by Crippen LogP contribution is -2.37. The second-order valence-corrected chi connectivity index (χ2v) is 8.54. The summed E-state index contributed by atoms with van der Waals surface area (Å²) in [4.78, 5) is 23.1. The molecule has 1 amide bonds. The van der Waals surface area contributed by atoms with E-state index in [0.717, 1.165) is 33.0 Å². The molecule has 0 atom stereocenters. The van der Waals surface area contributed by atoms with E-state index in [1.54, 1.807) is 23.8 Å². The summed E-state index contributed by atoms with van der Waals surface area (Å²) in [7, 11) is 5.65. The van der Waals surface area contributed by atoms with Gasteiger partial charge in [0, 0.05) is 18.0 Å². The standard InChI is InChI=1S/C21H25N3O2S2.ClH/c1-14-10-11-16(26-4)18-19(14)28-21(22-18)24(13-12-23(2)3)20(25)15-8-6-7-9-17(15)27-5;/h6-11H,12-13H2,1-5H3;1H. The van der Waals surface area contributed by atoms with E-state index in [1.165, 1.54) is 11.3 Å². The van der Waals surface area contributed by atoms with Gasteiger partial charge in [0.2, 0.25) is 0 Å². The van der Waals surface area contributed by atoms with E-state index < -0.39 is 0 Å². The van der Waals surface area contributed by atoms with Crippen LogP contribution in [0.2, 0.25) is 0 Å². The van der Waals surface area contributed by atoms with Gasteiger partial charge in [0.05, 0.1) is 17.4 Å². The zero-order chi connectivity index (χ0) is 20.3. The molecule has 0 aliphatic carbocycles. The van der Waals surface area contributed by atoms with E-state index in [0.29, 0.717) is 17.2 Å². The number of carbonyl (C=O) groups excluding carboxylic acids is 1. The summed E-state index contributed by atoms with van der Waals surface area (Å²) < 4.78 is 6.54. The van der Waals surface area contributed by atoms with Crippen molar-refractivity contribution in [1.29, 1.82) is 0 Å². The monoisotopic (exact) mass is 451 g/mol. The van der Waals surface area contributed by atoms with Gasteiger partial charge >= 0.3 is 0 Å². The molecule has 1 heterocycles. The third-order valence-electron chi connectivity index (χ3n) is 4.50. The Balaban J connectivity index is 0.00000300. The molecule has 3 aromatic rings. The molecular weight excluding hydrogens is 426 g/mol. The molecule has 8 heteroatoms. The highest BCUT2D eigenvalue weighted by atomic mass is 35.5. The fourth-order valence-corrected chi connectivity index (χ4v) is 4.60. The van der Waals surface area contributed by atoms with Crippen LogP contribution in [0.5, 0.6) is 5.75 Å². The Morgan fingerprint density at radius 1 is 1.17 bits per heavy atom. The summed E-state index contributed by atoms with van der Waals surface area (Å²) in [5, 5.41) is 0.699. The molecule has 0 unspecified atom stereocenters. The zero-order valence-corrected chi connectivity index (χ0v) is 19.7. The van der Waals surface area contributed by atoms with Gasteiger partial charge in [-0.2, -0.15) is 0 Å². The molecule has 0 aliphatic heterocycles. The quantitative estimate of drug-likeness (QED) is 0.475. The number of hydrogen-bond acceptors (Lipinski definition) is 6. The number of aromatic nitrogens is 1. The van der Waals surface area contributed by atoms with Crippen LogP contribution in [0.4, 0.5) is 5.13 Å². The Morgan fingerprint density at radius 3 is 2.55 bits per heavy atom. The van der Waals surface area contributed by atoms with Gasteiger partial charge in [-0.1, -0.05) is 29.5 Å². The summed E-state index contributed by atoms with van der Waals surface area (Å²) >= 11 is 3.12. The number of hydrogen-bond donors (Lipinski definition) is 0. The Morgan fingerprint density at radius 2 is 1.90 bits per heavy atom. The number of thioether (sulfide) groups is 1. The zero-order valence-electron chi connectivity index (χ0n) is 17.3. The summed E-state index contributed by atoms with van der Waals surface area (Å²) in [6.07, 6.45) is 1.99. The number of likely N-dealkylation sites (N-methyl/N-ethyl adjacent to an activating group) is 1. The largest absolute Gasteiger partial charge is 0.494 e. The van der Waals surface area contributed by atoms with Gasteiger partial charge in [0.1, 0.15) is 11.3 Å². The number of halogens is 1. The number of methoxy groups -OCH3 is 1. The van der Waals surface area contributed by atoms with Crippen LogP contribution in [0.1, 0.15) is 15.9 Å². The minimum absolute atomic E-state index is 0. The average molecular weight is 452 g/mol. The van der Waals surface area contributed by atoms with Gasteiger partial charge in [-0.15, -0.1) is 24.2 Å². The third kappa shape index (κ3) is 5.04. The number of benzene rings is 2. The van der Waals surface area contributed by atoms with E-state index in [4.69, 9.17) is 9.72 Å². The van der Waals surface area contributed by atoms with E-state index in [9.17, 15) is 4.79 Å². The molecular formula is C21H26ClN3O2S2. The van der Waals surface area contributed by atoms with Crippen molar-refractivity contribution < 1.29 is 9.53 Å². The predicted molar refractivity (Wildman–Crippen MR) is 127 cm³/mol. The van der Waals surface area contributed by atoms with Crippen molar-refractivity contribution in [3.05, 3.63) is 47.5 Å². The van der Waals surface area contributed by atoms with Crippen LogP contribution in [0.15, 0.2) is 41.3 Å². The predicted octanol–water partition coefficient (Wildman–Crippen LogP) is 4.97. The molecule has 0 N–H and O–H groups in total. The minimum atomic E-state index is -0.0255. The van der Waals surface area contributed by atoms with Gasteiger partial charge in [-0.25, -0.2) is 4.98 Å². The van der Waals surface area contributed by atoms with Crippen LogP contribution in [-0.4, -0.2) is 56.3 Å². The number of aryl methyl sites for hydroxylation is 1. The Kier molecular flexibility index (Phi) is 8.34. The third-order valence-corrected chi connectivity index (χ3v) is 6.51. The number of rotatable bonds is 7. The van der Waals surface area contributed by atoms with E-state index >= 15 is 0 Å². The molecule has 0 saturated carbocycles. The molecule has 0 radical (unpaired) electrons. The summed E-state index contributed by atoms with van der Waals surface area (Å²) in [6, 6.07) is 11.7.